The quantitative estimate of drug-likeness (QED) is 0.812. The van der Waals surface area contributed by atoms with Gasteiger partial charge in [-0.2, -0.15) is 0 Å². The monoisotopic (exact) mass is 254 g/mol. The SMILES string of the molecule is CC(CS(=O)(=O)NC1CNC1)c1ccccc1. The Hall–Kier alpha value is -0.910. The van der Waals surface area contributed by atoms with Crippen molar-refractivity contribution in [3.8, 4) is 0 Å². The summed E-state index contributed by atoms with van der Waals surface area (Å²) in [5.74, 6) is 0.162. The number of benzene rings is 1. The van der Waals surface area contributed by atoms with Gasteiger partial charge in [0.05, 0.1) is 5.75 Å². The Balaban J connectivity index is 1.95. The molecule has 0 amide bonds. The third kappa shape index (κ3) is 3.52. The van der Waals surface area contributed by atoms with E-state index in [2.05, 4.69) is 10.0 Å². The molecule has 0 radical (unpaired) electrons. The van der Waals surface area contributed by atoms with Gasteiger partial charge in [0.2, 0.25) is 10.0 Å². The van der Waals surface area contributed by atoms with Crippen LogP contribution in [0.1, 0.15) is 18.4 Å². The summed E-state index contributed by atoms with van der Waals surface area (Å²) in [6.45, 7) is 3.41. The molecule has 0 saturated carbocycles. The molecule has 1 aromatic rings. The minimum atomic E-state index is -3.18. The van der Waals surface area contributed by atoms with Crippen LogP contribution < -0.4 is 10.0 Å². The van der Waals surface area contributed by atoms with Crippen LogP contribution in [0.15, 0.2) is 30.3 Å². The topological polar surface area (TPSA) is 58.2 Å². The summed E-state index contributed by atoms with van der Waals surface area (Å²) in [6, 6.07) is 9.80. The normalized spacial score (nSPS) is 18.6. The zero-order valence-corrected chi connectivity index (χ0v) is 10.7. The number of hydrogen-bond donors (Lipinski definition) is 2. The summed E-state index contributed by atoms with van der Waals surface area (Å²) >= 11 is 0. The summed E-state index contributed by atoms with van der Waals surface area (Å²) in [5, 5.41) is 3.04. The molecular weight excluding hydrogens is 236 g/mol. The molecule has 1 fully saturated rings. The Morgan fingerprint density at radius 2 is 2.00 bits per heavy atom. The second-order valence-electron chi connectivity index (χ2n) is 4.57. The van der Waals surface area contributed by atoms with Crippen molar-refractivity contribution in [3.63, 3.8) is 0 Å². The first-order valence-corrected chi connectivity index (χ1v) is 7.48. The molecule has 1 unspecified atom stereocenters. The summed E-state index contributed by atoms with van der Waals surface area (Å²) < 4.78 is 26.5. The smallest absolute Gasteiger partial charge is 0.212 e. The standard InChI is InChI=1S/C12H18N2O2S/c1-10(11-5-3-2-4-6-11)9-17(15,16)14-12-7-13-8-12/h2-6,10,12-14H,7-9H2,1H3. The van der Waals surface area contributed by atoms with Crippen LogP contribution in [0.25, 0.3) is 0 Å². The fourth-order valence-corrected chi connectivity index (χ4v) is 3.50. The van der Waals surface area contributed by atoms with Crippen LogP contribution >= 0.6 is 0 Å². The molecule has 2 rings (SSSR count). The van der Waals surface area contributed by atoms with Crippen molar-refractivity contribution in [2.24, 2.45) is 0 Å². The van der Waals surface area contributed by atoms with Gasteiger partial charge in [-0.25, -0.2) is 13.1 Å². The molecule has 17 heavy (non-hydrogen) atoms. The summed E-state index contributed by atoms with van der Waals surface area (Å²) in [4.78, 5) is 0. The largest absolute Gasteiger partial charge is 0.313 e. The highest BCUT2D eigenvalue weighted by atomic mass is 32.2. The van der Waals surface area contributed by atoms with Gasteiger partial charge in [0, 0.05) is 19.1 Å². The van der Waals surface area contributed by atoms with Gasteiger partial charge < -0.3 is 5.32 Å². The van der Waals surface area contributed by atoms with E-state index < -0.39 is 10.0 Å². The van der Waals surface area contributed by atoms with Gasteiger partial charge in [0.1, 0.15) is 0 Å². The number of sulfonamides is 1. The molecule has 1 aliphatic heterocycles. The second kappa shape index (κ2) is 5.16. The maximum absolute atomic E-state index is 11.9. The van der Waals surface area contributed by atoms with E-state index in [0.717, 1.165) is 18.7 Å². The van der Waals surface area contributed by atoms with Crippen molar-refractivity contribution < 1.29 is 8.42 Å². The van der Waals surface area contributed by atoms with Crippen molar-refractivity contribution in [2.75, 3.05) is 18.8 Å². The summed E-state index contributed by atoms with van der Waals surface area (Å²) in [7, 11) is -3.18. The van der Waals surface area contributed by atoms with Crippen LogP contribution in [0.3, 0.4) is 0 Å². The van der Waals surface area contributed by atoms with Gasteiger partial charge in [-0.15, -0.1) is 0 Å². The van der Waals surface area contributed by atoms with E-state index in [1.807, 2.05) is 37.3 Å². The molecule has 94 valence electrons. The lowest BCUT2D eigenvalue weighted by Crippen LogP contribution is -2.57. The molecule has 0 aromatic heterocycles. The average molecular weight is 254 g/mol. The molecule has 1 heterocycles. The third-order valence-electron chi connectivity index (χ3n) is 2.97. The molecule has 0 bridgehead atoms. The molecule has 1 atom stereocenters. The predicted octanol–water partition coefficient (Wildman–Crippen LogP) is 0.681. The Morgan fingerprint density at radius 1 is 1.35 bits per heavy atom. The third-order valence-corrected chi connectivity index (χ3v) is 4.60. The van der Waals surface area contributed by atoms with Crippen LogP contribution in [0, 0.1) is 0 Å². The molecule has 1 saturated heterocycles. The van der Waals surface area contributed by atoms with Crippen LogP contribution in [0.4, 0.5) is 0 Å². The minimum absolute atomic E-state index is 0.0155. The zero-order chi connectivity index (χ0) is 12.3. The number of nitrogens with one attached hydrogen (secondary N) is 2. The van der Waals surface area contributed by atoms with Crippen molar-refractivity contribution >= 4 is 10.0 Å². The lowest BCUT2D eigenvalue weighted by atomic mass is 10.0. The zero-order valence-electron chi connectivity index (χ0n) is 9.89. The van der Waals surface area contributed by atoms with Gasteiger partial charge in [-0.05, 0) is 11.5 Å². The molecule has 5 heteroatoms. The van der Waals surface area contributed by atoms with E-state index in [9.17, 15) is 8.42 Å². The Morgan fingerprint density at radius 3 is 2.53 bits per heavy atom. The molecule has 0 aliphatic carbocycles. The van der Waals surface area contributed by atoms with E-state index in [-0.39, 0.29) is 17.7 Å². The second-order valence-corrected chi connectivity index (χ2v) is 6.36. The number of rotatable bonds is 5. The molecular formula is C12H18N2O2S. The summed E-state index contributed by atoms with van der Waals surface area (Å²) in [5.41, 5.74) is 1.06. The Kier molecular flexibility index (Phi) is 3.81. The first kappa shape index (κ1) is 12.5. The predicted molar refractivity (Wildman–Crippen MR) is 68.4 cm³/mol. The van der Waals surface area contributed by atoms with E-state index in [1.54, 1.807) is 0 Å². The van der Waals surface area contributed by atoms with Gasteiger partial charge >= 0.3 is 0 Å². The molecule has 0 spiro atoms. The maximum Gasteiger partial charge on any atom is 0.212 e. The van der Waals surface area contributed by atoms with Crippen LogP contribution in [0.5, 0.6) is 0 Å². The Labute approximate surface area is 102 Å². The summed E-state index contributed by atoms with van der Waals surface area (Å²) in [6.07, 6.45) is 0. The van der Waals surface area contributed by atoms with E-state index >= 15 is 0 Å². The lowest BCUT2D eigenvalue weighted by molar-refractivity contribution is 0.410. The van der Waals surface area contributed by atoms with Crippen molar-refractivity contribution in [2.45, 2.75) is 18.9 Å². The molecule has 1 aliphatic rings. The Bertz CT molecular complexity index is 455. The van der Waals surface area contributed by atoms with Crippen molar-refractivity contribution in [3.05, 3.63) is 35.9 Å². The van der Waals surface area contributed by atoms with Crippen LogP contribution in [0.2, 0.25) is 0 Å². The van der Waals surface area contributed by atoms with E-state index in [4.69, 9.17) is 0 Å². The van der Waals surface area contributed by atoms with Gasteiger partial charge in [0.25, 0.3) is 0 Å². The van der Waals surface area contributed by atoms with Crippen LogP contribution in [-0.4, -0.2) is 33.3 Å². The minimum Gasteiger partial charge on any atom is -0.313 e. The van der Waals surface area contributed by atoms with E-state index in [1.165, 1.54) is 0 Å². The molecule has 1 aromatic carbocycles. The molecule has 4 nitrogen and oxygen atoms in total. The lowest BCUT2D eigenvalue weighted by Gasteiger charge is -2.28. The van der Waals surface area contributed by atoms with Crippen LogP contribution in [-0.2, 0) is 10.0 Å². The van der Waals surface area contributed by atoms with Gasteiger partial charge in [0.15, 0.2) is 0 Å². The van der Waals surface area contributed by atoms with E-state index in [0.29, 0.717) is 0 Å². The fourth-order valence-electron chi connectivity index (χ4n) is 1.88. The van der Waals surface area contributed by atoms with Gasteiger partial charge in [-0.1, -0.05) is 37.3 Å². The molecule has 2 N–H and O–H groups in total. The average Bonchev–Trinajstić information content (AvgIpc) is 2.24. The number of hydrogen-bond acceptors (Lipinski definition) is 3. The van der Waals surface area contributed by atoms with Crippen molar-refractivity contribution in [1.29, 1.82) is 0 Å². The first-order valence-electron chi connectivity index (χ1n) is 5.82. The fraction of sp³-hybridized carbons (Fsp3) is 0.500. The highest BCUT2D eigenvalue weighted by Gasteiger charge is 2.24. The van der Waals surface area contributed by atoms with Gasteiger partial charge in [-0.3, -0.25) is 0 Å². The highest BCUT2D eigenvalue weighted by Crippen LogP contribution is 2.16. The van der Waals surface area contributed by atoms with Crippen molar-refractivity contribution in [1.82, 2.24) is 10.0 Å². The first-order chi connectivity index (χ1) is 8.07. The highest BCUT2D eigenvalue weighted by molar-refractivity contribution is 7.89. The maximum atomic E-state index is 11.9.